The van der Waals surface area contributed by atoms with Gasteiger partial charge in [-0.15, -0.1) is 0 Å². The van der Waals surface area contributed by atoms with Crippen molar-refractivity contribution in [1.29, 1.82) is 0 Å². The molecule has 5 heteroatoms. The summed E-state index contributed by atoms with van der Waals surface area (Å²) < 4.78 is 7.90. The fourth-order valence-electron chi connectivity index (χ4n) is 3.47. The molecule has 5 nitrogen and oxygen atoms in total. The molecule has 0 radical (unpaired) electrons. The van der Waals surface area contributed by atoms with Gasteiger partial charge in [0.15, 0.2) is 5.65 Å². The van der Waals surface area contributed by atoms with Crippen molar-refractivity contribution in [3.63, 3.8) is 0 Å². The maximum Gasteiger partial charge on any atom is 0.155 e. The maximum absolute atomic E-state index is 9.66. The van der Waals surface area contributed by atoms with Gasteiger partial charge in [0.2, 0.25) is 0 Å². The Kier molecular flexibility index (Phi) is 4.71. The SMILES string of the molecule is OCc1ccccc1-c1cn2c(-c3ccc(Oc4ccccc4)cc3)cnc2cn1. The molecule has 2 heterocycles. The first-order chi connectivity index (χ1) is 14.8. The van der Waals surface area contributed by atoms with Gasteiger partial charge in [-0.25, -0.2) is 4.98 Å². The molecule has 146 valence electrons. The number of imidazole rings is 1. The van der Waals surface area contributed by atoms with E-state index >= 15 is 0 Å². The van der Waals surface area contributed by atoms with Crippen LogP contribution < -0.4 is 4.74 Å². The summed E-state index contributed by atoms with van der Waals surface area (Å²) in [6.07, 6.45) is 5.55. The molecule has 0 aliphatic rings. The summed E-state index contributed by atoms with van der Waals surface area (Å²) >= 11 is 0. The van der Waals surface area contributed by atoms with Gasteiger partial charge in [-0.1, -0.05) is 42.5 Å². The lowest BCUT2D eigenvalue weighted by atomic mass is 10.1. The minimum Gasteiger partial charge on any atom is -0.457 e. The van der Waals surface area contributed by atoms with Crippen molar-refractivity contribution in [1.82, 2.24) is 14.4 Å². The van der Waals surface area contributed by atoms with Crippen molar-refractivity contribution in [2.45, 2.75) is 6.61 Å². The van der Waals surface area contributed by atoms with Crippen molar-refractivity contribution in [3.05, 3.63) is 103 Å². The lowest BCUT2D eigenvalue weighted by molar-refractivity contribution is 0.282. The topological polar surface area (TPSA) is 59.7 Å². The van der Waals surface area contributed by atoms with Crippen LogP contribution in [0.5, 0.6) is 11.5 Å². The van der Waals surface area contributed by atoms with Crippen molar-refractivity contribution in [2.75, 3.05) is 0 Å². The van der Waals surface area contributed by atoms with E-state index in [-0.39, 0.29) is 6.61 Å². The number of para-hydroxylation sites is 1. The highest BCUT2D eigenvalue weighted by atomic mass is 16.5. The van der Waals surface area contributed by atoms with Gasteiger partial charge >= 0.3 is 0 Å². The van der Waals surface area contributed by atoms with Gasteiger partial charge in [0.1, 0.15) is 11.5 Å². The molecule has 0 aliphatic carbocycles. The minimum atomic E-state index is -0.0322. The summed E-state index contributed by atoms with van der Waals surface area (Å²) in [5.74, 6) is 1.58. The molecule has 0 saturated heterocycles. The first-order valence-corrected chi connectivity index (χ1v) is 9.67. The Morgan fingerprint density at radius 1 is 0.767 bits per heavy atom. The first-order valence-electron chi connectivity index (χ1n) is 9.67. The van der Waals surface area contributed by atoms with E-state index in [1.165, 1.54) is 0 Å². The molecule has 0 spiro atoms. The molecular formula is C25H19N3O2. The second-order valence-corrected chi connectivity index (χ2v) is 6.90. The molecule has 0 unspecified atom stereocenters. The van der Waals surface area contributed by atoms with E-state index < -0.39 is 0 Å². The Hall–Kier alpha value is -3.96. The van der Waals surface area contributed by atoms with Crippen LogP contribution in [0.15, 0.2) is 97.5 Å². The smallest absolute Gasteiger partial charge is 0.155 e. The van der Waals surface area contributed by atoms with Crippen LogP contribution in [-0.2, 0) is 6.61 Å². The number of rotatable bonds is 5. The number of aliphatic hydroxyl groups excluding tert-OH is 1. The zero-order valence-corrected chi connectivity index (χ0v) is 16.1. The van der Waals surface area contributed by atoms with Gasteiger partial charge < -0.3 is 9.84 Å². The zero-order valence-electron chi connectivity index (χ0n) is 16.1. The molecule has 30 heavy (non-hydrogen) atoms. The fraction of sp³-hybridized carbons (Fsp3) is 0.0400. The number of aliphatic hydroxyl groups is 1. The van der Waals surface area contributed by atoms with E-state index in [9.17, 15) is 5.11 Å². The standard InChI is InChI=1S/C25H19N3O2/c29-17-19-6-4-5-9-22(19)23-16-28-24(14-27-25(28)15-26-23)18-10-12-21(13-11-18)30-20-7-2-1-3-8-20/h1-16,29H,17H2. The Labute approximate surface area is 173 Å². The van der Waals surface area contributed by atoms with Crippen LogP contribution in [0.4, 0.5) is 0 Å². The van der Waals surface area contributed by atoms with Gasteiger partial charge in [-0.3, -0.25) is 9.38 Å². The van der Waals surface area contributed by atoms with Crippen molar-refractivity contribution in [3.8, 4) is 34.0 Å². The lowest BCUT2D eigenvalue weighted by Crippen LogP contribution is -1.96. The summed E-state index contributed by atoms with van der Waals surface area (Å²) in [6, 6.07) is 25.4. The van der Waals surface area contributed by atoms with Gasteiger partial charge in [0.05, 0.1) is 30.4 Å². The summed E-state index contributed by atoms with van der Waals surface area (Å²) in [5.41, 5.74) is 5.29. The van der Waals surface area contributed by atoms with Crippen LogP contribution in [0.2, 0.25) is 0 Å². The number of ether oxygens (including phenoxy) is 1. The molecule has 5 aromatic rings. The molecule has 5 rings (SSSR count). The molecule has 3 aromatic carbocycles. The molecular weight excluding hydrogens is 374 g/mol. The maximum atomic E-state index is 9.66. The zero-order chi connectivity index (χ0) is 20.3. The molecule has 0 aliphatic heterocycles. The highest BCUT2D eigenvalue weighted by Gasteiger charge is 2.11. The predicted molar refractivity (Wildman–Crippen MR) is 116 cm³/mol. The van der Waals surface area contributed by atoms with Gasteiger partial charge in [0.25, 0.3) is 0 Å². The second kappa shape index (κ2) is 7.81. The van der Waals surface area contributed by atoms with E-state index in [0.717, 1.165) is 45.2 Å². The van der Waals surface area contributed by atoms with Gasteiger partial charge in [-0.2, -0.15) is 0 Å². The van der Waals surface area contributed by atoms with Gasteiger partial charge in [-0.05, 0) is 42.0 Å². The van der Waals surface area contributed by atoms with Crippen LogP contribution in [0.25, 0.3) is 28.2 Å². The Morgan fingerprint density at radius 3 is 2.30 bits per heavy atom. The minimum absolute atomic E-state index is 0.0322. The lowest BCUT2D eigenvalue weighted by Gasteiger charge is -2.09. The van der Waals surface area contributed by atoms with Crippen LogP contribution in [0.3, 0.4) is 0 Å². The number of benzene rings is 3. The largest absolute Gasteiger partial charge is 0.457 e. The Morgan fingerprint density at radius 2 is 1.50 bits per heavy atom. The summed E-state index contributed by atoms with van der Waals surface area (Å²) in [6.45, 7) is -0.0322. The summed E-state index contributed by atoms with van der Waals surface area (Å²) in [4.78, 5) is 9.02. The normalized spacial score (nSPS) is 11.0. The average Bonchev–Trinajstić information content (AvgIpc) is 3.23. The quantitative estimate of drug-likeness (QED) is 0.437. The number of hydrogen-bond acceptors (Lipinski definition) is 4. The van der Waals surface area contributed by atoms with E-state index in [4.69, 9.17) is 4.74 Å². The highest BCUT2D eigenvalue weighted by Crippen LogP contribution is 2.28. The third kappa shape index (κ3) is 3.43. The molecule has 0 bridgehead atoms. The predicted octanol–water partition coefficient (Wildman–Crippen LogP) is 5.35. The number of fused-ring (bicyclic) bond motifs is 1. The number of aromatic nitrogens is 3. The second-order valence-electron chi connectivity index (χ2n) is 6.90. The average molecular weight is 393 g/mol. The molecule has 0 fully saturated rings. The van der Waals surface area contributed by atoms with Crippen LogP contribution in [0, 0.1) is 0 Å². The Bertz CT molecular complexity index is 1300. The summed E-state index contributed by atoms with van der Waals surface area (Å²) in [5, 5.41) is 9.66. The van der Waals surface area contributed by atoms with E-state index in [2.05, 4.69) is 9.97 Å². The first kappa shape index (κ1) is 18.1. The van der Waals surface area contributed by atoms with E-state index in [1.54, 1.807) is 6.20 Å². The van der Waals surface area contributed by atoms with Crippen LogP contribution in [-0.4, -0.2) is 19.5 Å². The third-order valence-electron chi connectivity index (χ3n) is 4.99. The van der Waals surface area contributed by atoms with Crippen LogP contribution >= 0.6 is 0 Å². The molecule has 1 N–H and O–H groups in total. The fourth-order valence-corrected chi connectivity index (χ4v) is 3.47. The monoisotopic (exact) mass is 393 g/mol. The summed E-state index contributed by atoms with van der Waals surface area (Å²) in [7, 11) is 0. The van der Waals surface area contributed by atoms with E-state index in [0.29, 0.717) is 0 Å². The Balaban J connectivity index is 1.50. The number of nitrogens with zero attached hydrogens (tertiary/aromatic N) is 3. The highest BCUT2D eigenvalue weighted by molar-refractivity contribution is 5.68. The van der Waals surface area contributed by atoms with E-state index in [1.807, 2.05) is 95.7 Å². The van der Waals surface area contributed by atoms with Crippen molar-refractivity contribution in [2.24, 2.45) is 0 Å². The van der Waals surface area contributed by atoms with Crippen molar-refractivity contribution < 1.29 is 9.84 Å². The number of hydrogen-bond donors (Lipinski definition) is 1. The molecule has 0 atom stereocenters. The van der Waals surface area contributed by atoms with Crippen LogP contribution in [0.1, 0.15) is 5.56 Å². The van der Waals surface area contributed by atoms with Gasteiger partial charge in [0, 0.05) is 17.3 Å². The van der Waals surface area contributed by atoms with Crippen molar-refractivity contribution >= 4 is 5.65 Å². The molecule has 0 saturated carbocycles. The molecule has 2 aromatic heterocycles. The third-order valence-corrected chi connectivity index (χ3v) is 4.99. The molecule has 0 amide bonds.